The van der Waals surface area contributed by atoms with Gasteiger partial charge >= 0.3 is 6.01 Å². The zero-order chi connectivity index (χ0) is 18.8. The number of ether oxygens (including phenoxy) is 3. The van der Waals surface area contributed by atoms with Gasteiger partial charge in [-0.25, -0.2) is 4.68 Å². The first-order chi connectivity index (χ1) is 13.2. The number of carbonyl (C=O) groups is 1. The summed E-state index contributed by atoms with van der Waals surface area (Å²) in [6, 6.07) is 13.2. The molecule has 0 saturated carbocycles. The van der Waals surface area contributed by atoms with Crippen LogP contribution in [-0.4, -0.2) is 34.6 Å². The number of hydrogen-bond acceptors (Lipinski definition) is 6. The largest absolute Gasteiger partial charge is 0.466 e. The summed E-state index contributed by atoms with van der Waals surface area (Å²) < 4.78 is 17.7. The second kappa shape index (κ2) is 6.99. The van der Waals surface area contributed by atoms with Crippen LogP contribution in [0.5, 0.6) is 17.5 Å². The first kappa shape index (κ1) is 16.9. The van der Waals surface area contributed by atoms with Crippen molar-refractivity contribution in [2.75, 3.05) is 19.2 Å². The van der Waals surface area contributed by atoms with Crippen LogP contribution < -0.4 is 19.5 Å². The topological polar surface area (TPSA) is 87.5 Å². The molecular formula is C19H18N4O4. The predicted molar refractivity (Wildman–Crippen MR) is 98.4 cm³/mol. The molecule has 0 aliphatic carbocycles. The Morgan fingerprint density at radius 3 is 2.70 bits per heavy atom. The highest BCUT2D eigenvalue weighted by Crippen LogP contribution is 2.36. The number of hydrogen-bond donors (Lipinski definition) is 1. The fourth-order valence-corrected chi connectivity index (χ4v) is 2.72. The van der Waals surface area contributed by atoms with E-state index in [0.29, 0.717) is 23.7 Å². The Balaban J connectivity index is 1.71. The van der Waals surface area contributed by atoms with Gasteiger partial charge in [-0.05, 0) is 42.5 Å². The van der Waals surface area contributed by atoms with E-state index in [1.165, 1.54) is 7.11 Å². The maximum absolute atomic E-state index is 11.5. The van der Waals surface area contributed by atoms with Crippen LogP contribution in [-0.2, 0) is 4.79 Å². The lowest BCUT2D eigenvalue weighted by molar-refractivity contribution is -0.115. The third kappa shape index (κ3) is 3.29. The molecular weight excluding hydrogens is 348 g/mol. The number of anilines is 1. The molecule has 8 nitrogen and oxygen atoms in total. The molecule has 1 aliphatic rings. The van der Waals surface area contributed by atoms with Crippen LogP contribution in [0.1, 0.15) is 13.3 Å². The number of benzene rings is 2. The average molecular weight is 366 g/mol. The third-order valence-electron chi connectivity index (χ3n) is 4.12. The molecule has 1 N–H and O–H groups in total. The molecule has 8 heteroatoms. The molecule has 0 saturated heterocycles. The Morgan fingerprint density at radius 2 is 1.96 bits per heavy atom. The summed E-state index contributed by atoms with van der Waals surface area (Å²) in [5, 5.41) is 7.22. The fourth-order valence-electron chi connectivity index (χ4n) is 2.72. The van der Waals surface area contributed by atoms with Gasteiger partial charge in [-0.2, -0.15) is 4.98 Å². The summed E-state index contributed by atoms with van der Waals surface area (Å²) >= 11 is 0. The van der Waals surface area contributed by atoms with E-state index in [9.17, 15) is 4.79 Å². The molecule has 1 amide bonds. The van der Waals surface area contributed by atoms with Crippen molar-refractivity contribution in [1.82, 2.24) is 14.8 Å². The van der Waals surface area contributed by atoms with Gasteiger partial charge in [-0.15, -0.1) is 5.10 Å². The van der Waals surface area contributed by atoms with Crippen LogP contribution in [0.25, 0.3) is 17.1 Å². The summed E-state index contributed by atoms with van der Waals surface area (Å²) in [6.45, 7) is 2.02. The van der Waals surface area contributed by atoms with E-state index in [1.54, 1.807) is 4.68 Å². The summed E-state index contributed by atoms with van der Waals surface area (Å²) in [5.74, 6) is 1.94. The monoisotopic (exact) mass is 366 g/mol. The van der Waals surface area contributed by atoms with Crippen LogP contribution in [0.4, 0.5) is 5.69 Å². The highest BCUT2D eigenvalue weighted by atomic mass is 16.7. The van der Waals surface area contributed by atoms with Crippen LogP contribution in [0.3, 0.4) is 0 Å². The molecule has 0 radical (unpaired) electrons. The van der Waals surface area contributed by atoms with Gasteiger partial charge in [-0.1, -0.05) is 6.92 Å². The lowest BCUT2D eigenvalue weighted by Crippen LogP contribution is -2.09. The van der Waals surface area contributed by atoms with Crippen molar-refractivity contribution >= 4 is 11.6 Å². The Hall–Kier alpha value is -3.55. The SMILES string of the molecule is CCC(=O)Nc1ccc(-n2nc(OC)nc2-c2ccc3c(c2)OCO3)cc1. The van der Waals surface area contributed by atoms with E-state index < -0.39 is 0 Å². The molecule has 0 unspecified atom stereocenters. The van der Waals surface area contributed by atoms with Gasteiger partial charge in [0.1, 0.15) is 0 Å². The molecule has 4 rings (SSSR count). The van der Waals surface area contributed by atoms with E-state index in [1.807, 2.05) is 49.4 Å². The molecule has 1 aliphatic heterocycles. The van der Waals surface area contributed by atoms with E-state index in [-0.39, 0.29) is 18.7 Å². The zero-order valence-corrected chi connectivity index (χ0v) is 14.9. The Labute approximate surface area is 155 Å². The summed E-state index contributed by atoms with van der Waals surface area (Å²) in [6.07, 6.45) is 0.427. The summed E-state index contributed by atoms with van der Waals surface area (Å²) in [4.78, 5) is 16.0. The second-order valence-corrected chi connectivity index (χ2v) is 5.85. The summed E-state index contributed by atoms with van der Waals surface area (Å²) in [7, 11) is 1.52. The van der Waals surface area contributed by atoms with Crippen LogP contribution >= 0.6 is 0 Å². The lowest BCUT2D eigenvalue weighted by Gasteiger charge is -2.08. The van der Waals surface area contributed by atoms with Gasteiger partial charge in [0.05, 0.1) is 12.8 Å². The number of nitrogens with one attached hydrogen (secondary N) is 1. The predicted octanol–water partition coefficient (Wildman–Crippen LogP) is 3.02. The minimum absolute atomic E-state index is 0.0359. The number of fused-ring (bicyclic) bond motifs is 1. The highest BCUT2D eigenvalue weighted by Gasteiger charge is 2.19. The molecule has 2 aromatic carbocycles. The van der Waals surface area contributed by atoms with Crippen LogP contribution in [0.15, 0.2) is 42.5 Å². The van der Waals surface area contributed by atoms with Crippen molar-refractivity contribution in [3.05, 3.63) is 42.5 Å². The maximum Gasteiger partial charge on any atom is 0.336 e. The van der Waals surface area contributed by atoms with E-state index in [4.69, 9.17) is 14.2 Å². The van der Waals surface area contributed by atoms with E-state index in [0.717, 1.165) is 16.9 Å². The molecule has 0 atom stereocenters. The Bertz CT molecular complexity index is 982. The molecule has 1 aromatic heterocycles. The van der Waals surface area contributed by atoms with Crippen molar-refractivity contribution in [3.8, 4) is 34.6 Å². The molecule has 138 valence electrons. The molecule has 0 fully saturated rings. The van der Waals surface area contributed by atoms with Crippen molar-refractivity contribution in [2.24, 2.45) is 0 Å². The maximum atomic E-state index is 11.5. The summed E-state index contributed by atoms with van der Waals surface area (Å²) in [5.41, 5.74) is 2.33. The van der Waals surface area contributed by atoms with Gasteiger partial charge in [0.25, 0.3) is 0 Å². The number of carbonyl (C=O) groups excluding carboxylic acids is 1. The zero-order valence-electron chi connectivity index (χ0n) is 14.9. The number of rotatable bonds is 5. The van der Waals surface area contributed by atoms with Gasteiger partial charge in [0.15, 0.2) is 17.3 Å². The van der Waals surface area contributed by atoms with Gasteiger partial charge in [0, 0.05) is 17.7 Å². The smallest absolute Gasteiger partial charge is 0.336 e. The number of amides is 1. The minimum Gasteiger partial charge on any atom is -0.466 e. The second-order valence-electron chi connectivity index (χ2n) is 5.85. The van der Waals surface area contributed by atoms with Gasteiger partial charge in [0.2, 0.25) is 12.7 Å². The normalized spacial score (nSPS) is 12.1. The lowest BCUT2D eigenvalue weighted by atomic mass is 10.2. The molecule has 2 heterocycles. The first-order valence-corrected chi connectivity index (χ1v) is 8.49. The number of aromatic nitrogens is 3. The van der Waals surface area contributed by atoms with E-state index >= 15 is 0 Å². The van der Waals surface area contributed by atoms with Crippen molar-refractivity contribution in [3.63, 3.8) is 0 Å². The third-order valence-corrected chi connectivity index (χ3v) is 4.12. The number of methoxy groups -OCH3 is 1. The Morgan fingerprint density at radius 1 is 1.19 bits per heavy atom. The molecule has 0 bridgehead atoms. The van der Waals surface area contributed by atoms with Crippen molar-refractivity contribution in [2.45, 2.75) is 13.3 Å². The van der Waals surface area contributed by atoms with E-state index in [2.05, 4.69) is 15.4 Å². The average Bonchev–Trinajstić information content (AvgIpc) is 3.34. The standard InChI is InChI=1S/C19H18N4O4/c1-3-17(24)20-13-5-7-14(8-6-13)23-18(21-19(22-23)25-2)12-4-9-15-16(10-12)27-11-26-15/h4-10H,3,11H2,1-2H3,(H,20,24). The van der Waals surface area contributed by atoms with Gasteiger partial charge in [-0.3, -0.25) is 4.79 Å². The van der Waals surface area contributed by atoms with Crippen LogP contribution in [0.2, 0.25) is 0 Å². The minimum atomic E-state index is -0.0359. The molecule has 3 aromatic rings. The van der Waals surface area contributed by atoms with Crippen molar-refractivity contribution < 1.29 is 19.0 Å². The number of nitrogens with zero attached hydrogens (tertiary/aromatic N) is 3. The Kier molecular flexibility index (Phi) is 4.37. The highest BCUT2D eigenvalue weighted by molar-refractivity contribution is 5.90. The molecule has 0 spiro atoms. The van der Waals surface area contributed by atoms with Crippen molar-refractivity contribution in [1.29, 1.82) is 0 Å². The quantitative estimate of drug-likeness (QED) is 0.747. The first-order valence-electron chi connectivity index (χ1n) is 8.49. The van der Waals surface area contributed by atoms with Crippen LogP contribution in [0, 0.1) is 0 Å². The molecule has 27 heavy (non-hydrogen) atoms. The fraction of sp³-hybridized carbons (Fsp3) is 0.211. The van der Waals surface area contributed by atoms with Gasteiger partial charge < -0.3 is 19.5 Å².